The van der Waals surface area contributed by atoms with E-state index in [2.05, 4.69) is 5.32 Å². The zero-order valence-corrected chi connectivity index (χ0v) is 15.6. The lowest BCUT2D eigenvalue weighted by Crippen LogP contribution is -2.44. The molecule has 0 spiro atoms. The molecule has 0 radical (unpaired) electrons. The zero-order valence-electron chi connectivity index (χ0n) is 14.8. The van der Waals surface area contributed by atoms with Crippen molar-refractivity contribution in [2.24, 2.45) is 11.7 Å². The number of nitrogens with two attached hydrogens (primary N) is 1. The third-order valence-electron chi connectivity index (χ3n) is 4.62. The number of rotatable bonds is 8. The Hall–Kier alpha value is -1.59. The topological polar surface area (TPSA) is 81.4 Å². The standard InChI is InChI=1S/C19H28N2O3.ClH/c1-2-24-16-9-7-14(8-10-16)18(22)11-12-19(23)21-17-6-4-3-5-15(17)13-20;/h7-10,15,17H,2-6,11-13,20H2,1H3,(H,21,23);1H. The molecule has 0 bridgehead atoms. The second-order valence-corrected chi connectivity index (χ2v) is 6.33. The highest BCUT2D eigenvalue weighted by atomic mass is 35.5. The van der Waals surface area contributed by atoms with Gasteiger partial charge in [-0.05, 0) is 56.5 Å². The van der Waals surface area contributed by atoms with E-state index in [1.807, 2.05) is 6.92 Å². The van der Waals surface area contributed by atoms with Crippen molar-refractivity contribution in [3.63, 3.8) is 0 Å². The highest BCUT2D eigenvalue weighted by Crippen LogP contribution is 2.23. The highest BCUT2D eigenvalue weighted by Gasteiger charge is 2.25. The van der Waals surface area contributed by atoms with Crippen molar-refractivity contribution < 1.29 is 14.3 Å². The SMILES string of the molecule is CCOc1ccc(C(=O)CCC(=O)NC2CCCCC2CN)cc1.Cl. The second-order valence-electron chi connectivity index (χ2n) is 6.33. The Bertz CT molecular complexity index is 548. The van der Waals surface area contributed by atoms with Crippen molar-refractivity contribution in [1.82, 2.24) is 5.32 Å². The summed E-state index contributed by atoms with van der Waals surface area (Å²) in [6, 6.07) is 7.22. The van der Waals surface area contributed by atoms with Gasteiger partial charge in [0.2, 0.25) is 5.91 Å². The molecule has 1 aliphatic rings. The van der Waals surface area contributed by atoms with Crippen molar-refractivity contribution in [3.8, 4) is 5.75 Å². The van der Waals surface area contributed by atoms with E-state index in [1.165, 1.54) is 6.42 Å². The third kappa shape index (κ3) is 6.67. The average molecular weight is 369 g/mol. The zero-order chi connectivity index (χ0) is 17.4. The number of carbonyl (C=O) groups is 2. The summed E-state index contributed by atoms with van der Waals surface area (Å²) < 4.78 is 5.36. The van der Waals surface area contributed by atoms with Crippen LogP contribution < -0.4 is 15.8 Å². The van der Waals surface area contributed by atoms with E-state index in [4.69, 9.17) is 10.5 Å². The summed E-state index contributed by atoms with van der Waals surface area (Å²) >= 11 is 0. The maximum atomic E-state index is 12.2. The third-order valence-corrected chi connectivity index (χ3v) is 4.62. The molecule has 5 nitrogen and oxygen atoms in total. The molecule has 0 saturated heterocycles. The number of carbonyl (C=O) groups excluding carboxylic acids is 2. The number of nitrogens with one attached hydrogen (secondary N) is 1. The molecule has 2 unspecified atom stereocenters. The lowest BCUT2D eigenvalue weighted by molar-refractivity contribution is -0.122. The maximum absolute atomic E-state index is 12.2. The smallest absolute Gasteiger partial charge is 0.220 e. The first-order valence-corrected chi connectivity index (χ1v) is 8.89. The molecule has 1 aliphatic carbocycles. The summed E-state index contributed by atoms with van der Waals surface area (Å²) in [4.78, 5) is 24.3. The predicted octanol–water partition coefficient (Wildman–Crippen LogP) is 3.10. The minimum Gasteiger partial charge on any atom is -0.494 e. The molecule has 0 aromatic heterocycles. The van der Waals surface area contributed by atoms with Crippen LogP contribution in [0, 0.1) is 5.92 Å². The first-order valence-electron chi connectivity index (χ1n) is 8.89. The van der Waals surface area contributed by atoms with Gasteiger partial charge in [-0.25, -0.2) is 0 Å². The fourth-order valence-electron chi connectivity index (χ4n) is 3.23. The number of ketones is 1. The molecule has 1 saturated carbocycles. The van der Waals surface area contributed by atoms with Crippen LogP contribution >= 0.6 is 12.4 Å². The van der Waals surface area contributed by atoms with Gasteiger partial charge in [-0.2, -0.15) is 0 Å². The van der Waals surface area contributed by atoms with E-state index in [1.54, 1.807) is 24.3 Å². The maximum Gasteiger partial charge on any atom is 0.220 e. The lowest BCUT2D eigenvalue weighted by Gasteiger charge is -2.31. The molecule has 140 valence electrons. The Kier molecular flexibility index (Phi) is 9.53. The summed E-state index contributed by atoms with van der Waals surface area (Å²) in [7, 11) is 0. The van der Waals surface area contributed by atoms with E-state index in [-0.39, 0.29) is 43.0 Å². The predicted molar refractivity (Wildman–Crippen MR) is 101 cm³/mol. The van der Waals surface area contributed by atoms with Crippen molar-refractivity contribution in [1.29, 1.82) is 0 Å². The minimum atomic E-state index is -0.0559. The van der Waals surface area contributed by atoms with Crippen LogP contribution in [0.4, 0.5) is 0 Å². The van der Waals surface area contributed by atoms with Crippen LogP contribution in [0.1, 0.15) is 55.8 Å². The molecule has 6 heteroatoms. The number of ether oxygens (including phenoxy) is 1. The number of amides is 1. The first kappa shape index (κ1) is 21.5. The average Bonchev–Trinajstić information content (AvgIpc) is 2.61. The van der Waals surface area contributed by atoms with Gasteiger partial charge < -0.3 is 15.8 Å². The van der Waals surface area contributed by atoms with Crippen LogP contribution in [0.2, 0.25) is 0 Å². The number of halogens is 1. The van der Waals surface area contributed by atoms with E-state index < -0.39 is 0 Å². The Morgan fingerprint density at radius 2 is 1.84 bits per heavy atom. The molecule has 0 aliphatic heterocycles. The van der Waals surface area contributed by atoms with Gasteiger partial charge in [0, 0.05) is 24.4 Å². The molecule has 25 heavy (non-hydrogen) atoms. The van der Waals surface area contributed by atoms with Gasteiger partial charge in [-0.1, -0.05) is 12.8 Å². The Morgan fingerprint density at radius 1 is 1.16 bits per heavy atom. The van der Waals surface area contributed by atoms with Gasteiger partial charge >= 0.3 is 0 Å². The number of hydrogen-bond donors (Lipinski definition) is 2. The molecule has 1 amide bonds. The molecule has 3 N–H and O–H groups in total. The number of benzene rings is 1. The van der Waals surface area contributed by atoms with E-state index in [9.17, 15) is 9.59 Å². The molecule has 1 aromatic carbocycles. The van der Waals surface area contributed by atoms with Crippen molar-refractivity contribution in [3.05, 3.63) is 29.8 Å². The summed E-state index contributed by atoms with van der Waals surface area (Å²) in [5.41, 5.74) is 6.40. The van der Waals surface area contributed by atoms with E-state index >= 15 is 0 Å². The molecule has 2 atom stereocenters. The molecule has 1 aromatic rings. The largest absolute Gasteiger partial charge is 0.494 e. The van der Waals surface area contributed by atoms with Gasteiger partial charge in [0.05, 0.1) is 6.61 Å². The summed E-state index contributed by atoms with van der Waals surface area (Å²) in [6.07, 6.45) is 4.82. The van der Waals surface area contributed by atoms with Crippen LogP contribution in [0.5, 0.6) is 5.75 Å². The molecule has 1 fully saturated rings. The normalized spacial score (nSPS) is 19.6. The van der Waals surface area contributed by atoms with Crippen LogP contribution in [0.3, 0.4) is 0 Å². The van der Waals surface area contributed by atoms with E-state index in [0.717, 1.165) is 25.0 Å². The van der Waals surface area contributed by atoms with Gasteiger partial charge in [-0.3, -0.25) is 9.59 Å². The van der Waals surface area contributed by atoms with E-state index in [0.29, 0.717) is 24.6 Å². The van der Waals surface area contributed by atoms with Gasteiger partial charge in [0.1, 0.15) is 5.75 Å². The van der Waals surface area contributed by atoms with Gasteiger partial charge in [-0.15, -0.1) is 12.4 Å². The number of hydrogen-bond acceptors (Lipinski definition) is 4. The van der Waals surface area contributed by atoms with Crippen molar-refractivity contribution in [2.75, 3.05) is 13.2 Å². The van der Waals surface area contributed by atoms with Crippen LogP contribution in [-0.2, 0) is 4.79 Å². The Balaban J connectivity index is 0.00000312. The highest BCUT2D eigenvalue weighted by molar-refractivity contribution is 5.98. The van der Waals surface area contributed by atoms with Crippen LogP contribution in [0.25, 0.3) is 0 Å². The van der Waals surface area contributed by atoms with Crippen molar-refractivity contribution in [2.45, 2.75) is 51.5 Å². The fourth-order valence-corrected chi connectivity index (χ4v) is 3.23. The number of Topliss-reactive ketones (excluding diaryl/α,β-unsaturated/α-hetero) is 1. The molecule has 2 rings (SSSR count). The molecule has 0 heterocycles. The first-order chi connectivity index (χ1) is 11.6. The summed E-state index contributed by atoms with van der Waals surface area (Å²) in [5, 5.41) is 3.06. The quantitative estimate of drug-likeness (QED) is 0.691. The monoisotopic (exact) mass is 368 g/mol. The Morgan fingerprint density at radius 3 is 2.48 bits per heavy atom. The van der Waals surface area contributed by atoms with Gasteiger partial charge in [0.25, 0.3) is 0 Å². The molecular formula is C19H29ClN2O3. The van der Waals surface area contributed by atoms with Crippen LogP contribution in [-0.4, -0.2) is 30.9 Å². The second kappa shape index (κ2) is 11.1. The lowest BCUT2D eigenvalue weighted by atomic mass is 9.84. The van der Waals surface area contributed by atoms with Gasteiger partial charge in [0.15, 0.2) is 5.78 Å². The minimum absolute atomic E-state index is 0. The Labute approximate surface area is 156 Å². The summed E-state index contributed by atoms with van der Waals surface area (Å²) in [6.45, 7) is 3.12. The molecular weight excluding hydrogens is 340 g/mol. The van der Waals surface area contributed by atoms with Crippen molar-refractivity contribution >= 4 is 24.1 Å². The van der Waals surface area contributed by atoms with Crippen LogP contribution in [0.15, 0.2) is 24.3 Å². The fraction of sp³-hybridized carbons (Fsp3) is 0.579. The summed E-state index contributed by atoms with van der Waals surface area (Å²) in [5.74, 6) is 1.04.